The fraction of sp³-hybridized carbons (Fsp3) is 0.312. The highest BCUT2D eigenvalue weighted by Gasteiger charge is 2.17. The molecule has 1 amide bonds. The van der Waals surface area contributed by atoms with E-state index in [0.717, 1.165) is 5.56 Å². The fourth-order valence-electron chi connectivity index (χ4n) is 2.18. The standard InChI is InChI=1S/C16H19NO3/c1-11-8-15(12(2)20-11)16(19)17-14(10-18)9-13-6-4-3-5-7-13/h3-8,14,18H,9-10H2,1-2H3,(H,17,19)/t14-/m0/s1. The number of aryl methyl sites for hydroxylation is 2. The smallest absolute Gasteiger partial charge is 0.255 e. The van der Waals surface area contributed by atoms with Crippen LogP contribution in [0.25, 0.3) is 0 Å². The van der Waals surface area contributed by atoms with Crippen molar-refractivity contribution in [3.05, 3.63) is 59.0 Å². The molecule has 2 rings (SSSR count). The Morgan fingerprint density at radius 1 is 1.30 bits per heavy atom. The minimum absolute atomic E-state index is 0.101. The topological polar surface area (TPSA) is 62.5 Å². The molecule has 106 valence electrons. The van der Waals surface area contributed by atoms with E-state index < -0.39 is 0 Å². The molecule has 1 heterocycles. The van der Waals surface area contributed by atoms with Gasteiger partial charge in [-0.25, -0.2) is 0 Å². The molecule has 4 heteroatoms. The van der Waals surface area contributed by atoms with Crippen LogP contribution >= 0.6 is 0 Å². The first-order valence-corrected chi connectivity index (χ1v) is 6.63. The van der Waals surface area contributed by atoms with Crippen LogP contribution in [0, 0.1) is 13.8 Å². The molecule has 0 bridgehead atoms. The van der Waals surface area contributed by atoms with Crippen molar-refractivity contribution in [2.24, 2.45) is 0 Å². The summed E-state index contributed by atoms with van der Waals surface area (Å²) in [4.78, 5) is 12.2. The Hall–Kier alpha value is -2.07. The van der Waals surface area contributed by atoms with E-state index in [1.54, 1.807) is 19.9 Å². The van der Waals surface area contributed by atoms with Gasteiger partial charge in [-0.05, 0) is 31.9 Å². The Kier molecular flexibility index (Phi) is 4.58. The maximum Gasteiger partial charge on any atom is 0.255 e. The molecule has 0 aliphatic heterocycles. The lowest BCUT2D eigenvalue weighted by Gasteiger charge is -2.16. The summed E-state index contributed by atoms with van der Waals surface area (Å²) < 4.78 is 5.35. The number of amides is 1. The van der Waals surface area contributed by atoms with Crippen LogP contribution < -0.4 is 5.32 Å². The third kappa shape index (κ3) is 3.48. The number of carbonyl (C=O) groups excluding carboxylic acids is 1. The van der Waals surface area contributed by atoms with Crippen molar-refractivity contribution >= 4 is 5.91 Å². The van der Waals surface area contributed by atoms with Gasteiger partial charge >= 0.3 is 0 Å². The lowest BCUT2D eigenvalue weighted by molar-refractivity contribution is 0.0915. The molecule has 0 unspecified atom stereocenters. The van der Waals surface area contributed by atoms with E-state index >= 15 is 0 Å². The number of carbonyl (C=O) groups is 1. The molecule has 2 N–H and O–H groups in total. The van der Waals surface area contributed by atoms with Crippen LogP contribution in [0.1, 0.15) is 27.4 Å². The van der Waals surface area contributed by atoms with Gasteiger partial charge in [-0.3, -0.25) is 4.79 Å². The first-order chi connectivity index (χ1) is 9.60. The minimum Gasteiger partial charge on any atom is -0.466 e. The number of furan rings is 1. The van der Waals surface area contributed by atoms with E-state index in [2.05, 4.69) is 5.32 Å². The van der Waals surface area contributed by atoms with Crippen molar-refractivity contribution in [2.45, 2.75) is 26.3 Å². The molecule has 4 nitrogen and oxygen atoms in total. The number of nitrogens with one attached hydrogen (secondary N) is 1. The van der Waals surface area contributed by atoms with Gasteiger partial charge in [0.2, 0.25) is 0 Å². The van der Waals surface area contributed by atoms with Crippen LogP contribution in [-0.2, 0) is 6.42 Å². The lowest BCUT2D eigenvalue weighted by atomic mass is 10.1. The monoisotopic (exact) mass is 273 g/mol. The van der Waals surface area contributed by atoms with Gasteiger partial charge in [0.1, 0.15) is 11.5 Å². The van der Waals surface area contributed by atoms with Gasteiger partial charge < -0.3 is 14.8 Å². The fourth-order valence-corrected chi connectivity index (χ4v) is 2.18. The van der Waals surface area contributed by atoms with Crippen LogP contribution in [0.4, 0.5) is 0 Å². The van der Waals surface area contributed by atoms with E-state index in [4.69, 9.17) is 4.42 Å². The summed E-state index contributed by atoms with van der Waals surface area (Å²) in [6.45, 7) is 3.46. The highest BCUT2D eigenvalue weighted by Crippen LogP contribution is 2.14. The van der Waals surface area contributed by atoms with Gasteiger partial charge in [0.15, 0.2) is 0 Å². The highest BCUT2D eigenvalue weighted by molar-refractivity contribution is 5.95. The van der Waals surface area contributed by atoms with Crippen LogP contribution in [0.2, 0.25) is 0 Å². The van der Waals surface area contributed by atoms with Crippen molar-refractivity contribution in [3.63, 3.8) is 0 Å². The predicted octanol–water partition coefficient (Wildman–Crippen LogP) is 2.23. The van der Waals surface area contributed by atoms with Gasteiger partial charge in [0.05, 0.1) is 18.2 Å². The summed E-state index contributed by atoms with van der Waals surface area (Å²) in [5, 5.41) is 12.3. The molecule has 0 fully saturated rings. The Morgan fingerprint density at radius 3 is 2.55 bits per heavy atom. The number of aliphatic hydroxyl groups is 1. The van der Waals surface area contributed by atoms with Crippen molar-refractivity contribution in [1.29, 1.82) is 0 Å². The maximum absolute atomic E-state index is 12.2. The zero-order valence-corrected chi connectivity index (χ0v) is 11.7. The Bertz CT molecular complexity index is 575. The van der Waals surface area contributed by atoms with Crippen molar-refractivity contribution in [2.75, 3.05) is 6.61 Å². The largest absolute Gasteiger partial charge is 0.466 e. The number of benzene rings is 1. The summed E-state index contributed by atoms with van der Waals surface area (Å²) in [5.41, 5.74) is 1.60. The van der Waals surface area contributed by atoms with Crippen LogP contribution in [0.5, 0.6) is 0 Å². The first-order valence-electron chi connectivity index (χ1n) is 6.63. The van der Waals surface area contributed by atoms with Crippen LogP contribution in [0.3, 0.4) is 0 Å². The van der Waals surface area contributed by atoms with Gasteiger partial charge in [-0.15, -0.1) is 0 Å². The Balaban J connectivity index is 2.03. The molecule has 0 spiro atoms. The van der Waals surface area contributed by atoms with Crippen molar-refractivity contribution < 1.29 is 14.3 Å². The Morgan fingerprint density at radius 2 is 2.00 bits per heavy atom. The summed E-state index contributed by atoms with van der Waals surface area (Å²) in [6, 6.07) is 11.2. The average Bonchev–Trinajstić information content (AvgIpc) is 2.78. The third-order valence-corrected chi connectivity index (χ3v) is 3.17. The van der Waals surface area contributed by atoms with Gasteiger partial charge in [0.25, 0.3) is 5.91 Å². The van der Waals surface area contributed by atoms with E-state index in [9.17, 15) is 9.90 Å². The van der Waals surface area contributed by atoms with Gasteiger partial charge in [-0.2, -0.15) is 0 Å². The number of hydrogen-bond donors (Lipinski definition) is 2. The average molecular weight is 273 g/mol. The molecule has 0 aliphatic carbocycles. The van der Waals surface area contributed by atoms with E-state index in [1.165, 1.54) is 0 Å². The molecular weight excluding hydrogens is 254 g/mol. The highest BCUT2D eigenvalue weighted by atomic mass is 16.3. The zero-order chi connectivity index (χ0) is 14.5. The molecule has 1 aromatic heterocycles. The molecular formula is C16H19NO3. The molecule has 2 aromatic rings. The number of hydrogen-bond acceptors (Lipinski definition) is 3. The van der Waals surface area contributed by atoms with Gasteiger partial charge in [-0.1, -0.05) is 30.3 Å². The first kappa shape index (κ1) is 14.3. The molecule has 1 atom stereocenters. The zero-order valence-electron chi connectivity index (χ0n) is 11.7. The van der Waals surface area contributed by atoms with Crippen LogP contribution in [0.15, 0.2) is 40.8 Å². The van der Waals surface area contributed by atoms with Crippen molar-refractivity contribution in [1.82, 2.24) is 5.32 Å². The molecule has 0 radical (unpaired) electrons. The van der Waals surface area contributed by atoms with Crippen molar-refractivity contribution in [3.8, 4) is 0 Å². The molecule has 0 saturated heterocycles. The van der Waals surface area contributed by atoms with E-state index in [1.807, 2.05) is 30.3 Å². The number of aliphatic hydroxyl groups excluding tert-OH is 1. The summed E-state index contributed by atoms with van der Waals surface area (Å²) in [5.74, 6) is 1.09. The summed E-state index contributed by atoms with van der Waals surface area (Å²) in [6.07, 6.45) is 0.596. The Labute approximate surface area is 118 Å². The second-order valence-electron chi connectivity index (χ2n) is 4.87. The molecule has 20 heavy (non-hydrogen) atoms. The summed E-state index contributed by atoms with van der Waals surface area (Å²) in [7, 11) is 0. The number of rotatable bonds is 5. The molecule has 1 aromatic carbocycles. The maximum atomic E-state index is 12.2. The minimum atomic E-state index is -0.306. The SMILES string of the molecule is Cc1cc(C(=O)N[C@H](CO)Cc2ccccc2)c(C)o1. The second kappa shape index (κ2) is 6.39. The predicted molar refractivity (Wildman–Crippen MR) is 76.7 cm³/mol. The van der Waals surface area contributed by atoms with Crippen LogP contribution in [-0.4, -0.2) is 23.7 Å². The van der Waals surface area contributed by atoms with E-state index in [0.29, 0.717) is 23.5 Å². The normalized spacial score (nSPS) is 12.2. The van der Waals surface area contributed by atoms with Gasteiger partial charge in [0, 0.05) is 0 Å². The third-order valence-electron chi connectivity index (χ3n) is 3.17. The molecule has 0 saturated carbocycles. The van der Waals surface area contributed by atoms with E-state index in [-0.39, 0.29) is 18.6 Å². The summed E-state index contributed by atoms with van der Waals surface area (Å²) >= 11 is 0. The second-order valence-corrected chi connectivity index (χ2v) is 4.87. The lowest BCUT2D eigenvalue weighted by Crippen LogP contribution is -2.39. The molecule has 0 aliphatic rings. The quantitative estimate of drug-likeness (QED) is 0.878.